The van der Waals surface area contributed by atoms with E-state index in [0.717, 1.165) is 6.07 Å². The molecule has 1 aliphatic heterocycles. The quantitative estimate of drug-likeness (QED) is 0.878. The van der Waals surface area contributed by atoms with Crippen LogP contribution in [-0.4, -0.2) is 35.8 Å². The third-order valence-electron chi connectivity index (χ3n) is 4.34. The molecule has 4 nitrogen and oxygen atoms in total. The molecule has 1 aromatic carbocycles. The van der Waals surface area contributed by atoms with E-state index in [0.29, 0.717) is 32.4 Å². The van der Waals surface area contributed by atoms with Crippen LogP contribution >= 0.6 is 0 Å². The van der Waals surface area contributed by atoms with Gasteiger partial charge in [-0.3, -0.25) is 9.59 Å². The van der Waals surface area contributed by atoms with E-state index in [1.165, 1.54) is 18.2 Å². The van der Waals surface area contributed by atoms with E-state index in [1.807, 2.05) is 20.8 Å². The fourth-order valence-electron chi connectivity index (χ4n) is 3.03. The Balaban J connectivity index is 1.94. The zero-order valence-electron chi connectivity index (χ0n) is 15.3. The van der Waals surface area contributed by atoms with Crippen LogP contribution in [0.1, 0.15) is 56.0 Å². The van der Waals surface area contributed by atoms with Crippen LogP contribution in [-0.2, 0) is 11.0 Å². The standard InChI is InChI=1S/C19H25F3N2O2/c1-18(2,3)12-16(25)24-10-8-13(9-11-24)23-17(26)14-6-4-5-7-15(14)19(20,21)22/h4-7,13H,8-12H2,1-3H3,(H,23,26). The molecule has 1 aromatic rings. The highest BCUT2D eigenvalue weighted by molar-refractivity contribution is 5.96. The summed E-state index contributed by atoms with van der Waals surface area (Å²) in [6.45, 7) is 6.99. The number of halogens is 3. The number of alkyl halides is 3. The van der Waals surface area contributed by atoms with Crippen molar-refractivity contribution in [3.05, 3.63) is 35.4 Å². The molecule has 7 heteroatoms. The number of benzene rings is 1. The van der Waals surface area contributed by atoms with Crippen LogP contribution in [0.3, 0.4) is 0 Å². The first-order valence-electron chi connectivity index (χ1n) is 8.72. The fourth-order valence-corrected chi connectivity index (χ4v) is 3.03. The molecule has 1 aliphatic rings. The number of amides is 2. The summed E-state index contributed by atoms with van der Waals surface area (Å²) < 4.78 is 39.1. The minimum atomic E-state index is -4.57. The predicted molar refractivity (Wildman–Crippen MR) is 92.6 cm³/mol. The third-order valence-corrected chi connectivity index (χ3v) is 4.34. The molecule has 1 heterocycles. The van der Waals surface area contributed by atoms with Gasteiger partial charge < -0.3 is 10.2 Å². The van der Waals surface area contributed by atoms with Crippen molar-refractivity contribution in [2.24, 2.45) is 5.41 Å². The largest absolute Gasteiger partial charge is 0.417 e. The maximum Gasteiger partial charge on any atom is 0.417 e. The molecule has 1 N–H and O–H groups in total. The molecule has 0 bridgehead atoms. The second kappa shape index (κ2) is 7.68. The van der Waals surface area contributed by atoms with Crippen LogP contribution in [0.4, 0.5) is 13.2 Å². The van der Waals surface area contributed by atoms with Gasteiger partial charge >= 0.3 is 6.18 Å². The monoisotopic (exact) mass is 370 g/mol. The first-order chi connectivity index (χ1) is 12.0. The Kier molecular flexibility index (Phi) is 5.98. The molecule has 0 aliphatic carbocycles. The lowest BCUT2D eigenvalue weighted by Crippen LogP contribution is -2.47. The van der Waals surface area contributed by atoms with Crippen molar-refractivity contribution in [3.8, 4) is 0 Å². The number of carbonyl (C=O) groups excluding carboxylic acids is 2. The summed E-state index contributed by atoms with van der Waals surface area (Å²) in [5.74, 6) is -0.651. The highest BCUT2D eigenvalue weighted by Crippen LogP contribution is 2.32. The molecule has 1 fully saturated rings. The van der Waals surface area contributed by atoms with Gasteiger partial charge in [-0.1, -0.05) is 32.9 Å². The van der Waals surface area contributed by atoms with Crippen molar-refractivity contribution in [2.45, 2.75) is 52.3 Å². The third kappa shape index (κ3) is 5.47. The summed E-state index contributed by atoms with van der Waals surface area (Å²) in [5.41, 5.74) is -1.40. The molecule has 0 spiro atoms. The molecular weight excluding hydrogens is 345 g/mol. The lowest BCUT2D eigenvalue weighted by molar-refractivity contribution is -0.138. The van der Waals surface area contributed by atoms with Gasteiger partial charge in [-0.05, 0) is 30.4 Å². The summed E-state index contributed by atoms with van der Waals surface area (Å²) in [4.78, 5) is 26.3. The van der Waals surface area contributed by atoms with Gasteiger partial charge in [0.1, 0.15) is 0 Å². The number of nitrogens with zero attached hydrogens (tertiary/aromatic N) is 1. The Morgan fingerprint density at radius 1 is 1.12 bits per heavy atom. The normalized spacial score (nSPS) is 16.5. The minimum absolute atomic E-state index is 0.0738. The van der Waals surface area contributed by atoms with E-state index >= 15 is 0 Å². The van der Waals surface area contributed by atoms with Gasteiger partial charge in [0, 0.05) is 25.6 Å². The van der Waals surface area contributed by atoms with Crippen LogP contribution in [0.25, 0.3) is 0 Å². The van der Waals surface area contributed by atoms with Crippen LogP contribution < -0.4 is 5.32 Å². The van der Waals surface area contributed by atoms with Gasteiger partial charge in [0.2, 0.25) is 5.91 Å². The lowest BCUT2D eigenvalue weighted by atomic mass is 9.91. The van der Waals surface area contributed by atoms with Gasteiger partial charge in [0.05, 0.1) is 11.1 Å². The summed E-state index contributed by atoms with van der Waals surface area (Å²) >= 11 is 0. The van der Waals surface area contributed by atoms with Gasteiger partial charge in [-0.2, -0.15) is 13.2 Å². The van der Waals surface area contributed by atoms with E-state index in [2.05, 4.69) is 5.32 Å². The van der Waals surface area contributed by atoms with Crippen LogP contribution in [0, 0.1) is 5.41 Å². The van der Waals surface area contributed by atoms with E-state index in [1.54, 1.807) is 4.90 Å². The first kappa shape index (κ1) is 20.3. The second-order valence-corrected chi connectivity index (χ2v) is 7.91. The highest BCUT2D eigenvalue weighted by atomic mass is 19.4. The van der Waals surface area contributed by atoms with Crippen molar-refractivity contribution in [3.63, 3.8) is 0 Å². The number of carbonyl (C=O) groups is 2. The zero-order valence-corrected chi connectivity index (χ0v) is 15.3. The Morgan fingerprint density at radius 2 is 1.69 bits per heavy atom. The van der Waals surface area contributed by atoms with Crippen LogP contribution in [0.5, 0.6) is 0 Å². The van der Waals surface area contributed by atoms with Crippen molar-refractivity contribution in [2.75, 3.05) is 13.1 Å². The molecule has 0 aromatic heterocycles. The molecule has 2 rings (SSSR count). The maximum absolute atomic E-state index is 13.0. The Hall–Kier alpha value is -2.05. The number of hydrogen-bond donors (Lipinski definition) is 1. The van der Waals surface area contributed by atoms with Crippen LogP contribution in [0.15, 0.2) is 24.3 Å². The minimum Gasteiger partial charge on any atom is -0.349 e. The molecule has 1 saturated heterocycles. The molecular formula is C19H25F3N2O2. The van der Waals surface area contributed by atoms with Gasteiger partial charge in [-0.15, -0.1) is 0 Å². The highest BCUT2D eigenvalue weighted by Gasteiger charge is 2.35. The number of likely N-dealkylation sites (tertiary alicyclic amines) is 1. The number of piperidine rings is 1. The molecule has 144 valence electrons. The number of hydrogen-bond acceptors (Lipinski definition) is 2. The average Bonchev–Trinajstić information content (AvgIpc) is 2.53. The SMILES string of the molecule is CC(C)(C)CC(=O)N1CCC(NC(=O)c2ccccc2C(F)(F)F)CC1. The van der Waals surface area contributed by atoms with Gasteiger partial charge in [-0.25, -0.2) is 0 Å². The predicted octanol–water partition coefficient (Wildman–Crippen LogP) is 3.86. The molecule has 0 atom stereocenters. The second-order valence-electron chi connectivity index (χ2n) is 7.91. The number of rotatable bonds is 3. The number of nitrogens with one attached hydrogen (secondary N) is 1. The zero-order chi connectivity index (χ0) is 19.5. The van der Waals surface area contributed by atoms with E-state index in [-0.39, 0.29) is 22.9 Å². The van der Waals surface area contributed by atoms with Gasteiger partial charge in [0.15, 0.2) is 0 Å². The topological polar surface area (TPSA) is 49.4 Å². The first-order valence-corrected chi connectivity index (χ1v) is 8.72. The van der Waals surface area contributed by atoms with Crippen molar-refractivity contribution in [1.29, 1.82) is 0 Å². The summed E-state index contributed by atoms with van der Waals surface area (Å²) in [6.07, 6.45) is -3.05. The average molecular weight is 370 g/mol. The Bertz CT molecular complexity index is 657. The van der Waals surface area contributed by atoms with E-state index < -0.39 is 17.6 Å². The van der Waals surface area contributed by atoms with Gasteiger partial charge in [0.25, 0.3) is 5.91 Å². The Morgan fingerprint density at radius 3 is 2.23 bits per heavy atom. The van der Waals surface area contributed by atoms with Crippen LogP contribution in [0.2, 0.25) is 0 Å². The molecule has 0 saturated carbocycles. The fraction of sp³-hybridized carbons (Fsp3) is 0.579. The molecule has 2 amide bonds. The van der Waals surface area contributed by atoms with E-state index in [9.17, 15) is 22.8 Å². The smallest absolute Gasteiger partial charge is 0.349 e. The van der Waals surface area contributed by atoms with Crippen molar-refractivity contribution < 1.29 is 22.8 Å². The van der Waals surface area contributed by atoms with Crippen molar-refractivity contribution >= 4 is 11.8 Å². The van der Waals surface area contributed by atoms with E-state index in [4.69, 9.17) is 0 Å². The maximum atomic E-state index is 13.0. The summed E-state index contributed by atoms with van der Waals surface area (Å²) in [7, 11) is 0. The molecule has 26 heavy (non-hydrogen) atoms. The summed E-state index contributed by atoms with van der Waals surface area (Å²) in [5, 5.41) is 2.68. The molecule has 0 radical (unpaired) electrons. The molecule has 0 unspecified atom stereocenters. The van der Waals surface area contributed by atoms with Crippen molar-refractivity contribution in [1.82, 2.24) is 10.2 Å². The lowest BCUT2D eigenvalue weighted by Gasteiger charge is -2.34. The summed E-state index contributed by atoms with van der Waals surface area (Å²) in [6, 6.07) is 4.53. The Labute approximate surface area is 151 Å².